The Morgan fingerprint density at radius 2 is 2.22 bits per heavy atom. The van der Waals surface area contributed by atoms with E-state index in [-0.39, 0.29) is 5.82 Å². The molecule has 2 N–H and O–H groups in total. The van der Waals surface area contributed by atoms with Gasteiger partial charge in [0, 0.05) is 25.5 Å². The minimum absolute atomic E-state index is 0.316. The fourth-order valence-electron chi connectivity index (χ4n) is 1.98. The van der Waals surface area contributed by atoms with E-state index in [0.29, 0.717) is 18.0 Å². The first kappa shape index (κ1) is 10.8. The Bertz CT molecular complexity index is 712. The molecule has 0 amide bonds. The summed E-state index contributed by atoms with van der Waals surface area (Å²) in [6.45, 7) is 0.511. The van der Waals surface area contributed by atoms with Crippen molar-refractivity contribution < 1.29 is 4.39 Å². The molecule has 0 saturated heterocycles. The minimum Gasteiger partial charge on any atom is -0.369 e. The van der Waals surface area contributed by atoms with Crippen molar-refractivity contribution in [2.45, 2.75) is 6.54 Å². The molecule has 0 atom stereocenters. The lowest BCUT2D eigenvalue weighted by atomic mass is 10.3. The molecule has 0 aliphatic carbocycles. The highest BCUT2D eigenvalue weighted by atomic mass is 19.1. The predicted octanol–water partition coefficient (Wildman–Crippen LogP) is 1.54. The van der Waals surface area contributed by atoms with Crippen LogP contribution in [0.4, 0.5) is 10.3 Å². The maximum absolute atomic E-state index is 13.1. The molecule has 2 aromatic heterocycles. The molecule has 0 radical (unpaired) electrons. The number of nitrogens with zero attached hydrogens (tertiary/aromatic N) is 4. The quantitative estimate of drug-likeness (QED) is 0.745. The van der Waals surface area contributed by atoms with Gasteiger partial charge in [-0.25, -0.2) is 14.4 Å². The highest BCUT2D eigenvalue weighted by molar-refractivity contribution is 5.78. The largest absolute Gasteiger partial charge is 0.369 e. The van der Waals surface area contributed by atoms with E-state index in [0.717, 1.165) is 11.3 Å². The summed E-state index contributed by atoms with van der Waals surface area (Å²) in [5.74, 6) is 0.910. The van der Waals surface area contributed by atoms with Crippen LogP contribution in [0.25, 0.3) is 11.0 Å². The SMILES string of the molecule is Cn1ccnc1Cn1c(N)nc2cc(F)ccc21. The smallest absolute Gasteiger partial charge is 0.201 e. The lowest BCUT2D eigenvalue weighted by molar-refractivity contribution is 0.629. The average molecular weight is 245 g/mol. The molecule has 0 bridgehead atoms. The molecule has 0 fully saturated rings. The Morgan fingerprint density at radius 1 is 1.39 bits per heavy atom. The second kappa shape index (κ2) is 3.83. The highest BCUT2D eigenvalue weighted by Crippen LogP contribution is 2.19. The number of benzene rings is 1. The fraction of sp³-hybridized carbons (Fsp3) is 0.167. The van der Waals surface area contributed by atoms with Gasteiger partial charge in [0.15, 0.2) is 0 Å². The number of anilines is 1. The van der Waals surface area contributed by atoms with Gasteiger partial charge in [0.1, 0.15) is 11.6 Å². The molecule has 3 rings (SSSR count). The van der Waals surface area contributed by atoms with E-state index >= 15 is 0 Å². The number of hydrogen-bond acceptors (Lipinski definition) is 3. The summed E-state index contributed by atoms with van der Waals surface area (Å²) in [6, 6.07) is 4.45. The Morgan fingerprint density at radius 3 is 2.94 bits per heavy atom. The number of fused-ring (bicyclic) bond motifs is 1. The van der Waals surface area contributed by atoms with Gasteiger partial charge in [0.25, 0.3) is 0 Å². The number of imidazole rings is 2. The van der Waals surface area contributed by atoms with Crippen LogP contribution < -0.4 is 5.73 Å². The maximum atomic E-state index is 13.1. The van der Waals surface area contributed by atoms with Gasteiger partial charge in [-0.1, -0.05) is 0 Å². The third-order valence-corrected chi connectivity index (χ3v) is 2.96. The van der Waals surface area contributed by atoms with Crippen LogP contribution >= 0.6 is 0 Å². The van der Waals surface area contributed by atoms with Crippen LogP contribution in [0.5, 0.6) is 0 Å². The monoisotopic (exact) mass is 245 g/mol. The topological polar surface area (TPSA) is 61.7 Å². The Hall–Kier alpha value is -2.37. The summed E-state index contributed by atoms with van der Waals surface area (Å²) >= 11 is 0. The van der Waals surface area contributed by atoms with Crippen LogP contribution in [0.15, 0.2) is 30.6 Å². The molecule has 0 saturated carbocycles. The summed E-state index contributed by atoms with van der Waals surface area (Å²) in [4.78, 5) is 8.39. The number of hydrogen-bond donors (Lipinski definition) is 1. The second-order valence-corrected chi connectivity index (χ2v) is 4.14. The van der Waals surface area contributed by atoms with Gasteiger partial charge in [-0.05, 0) is 12.1 Å². The molecule has 5 nitrogen and oxygen atoms in total. The molecular weight excluding hydrogens is 233 g/mol. The van der Waals surface area contributed by atoms with Crippen molar-refractivity contribution in [3.63, 3.8) is 0 Å². The number of nitrogens with two attached hydrogens (primary N) is 1. The number of nitrogen functional groups attached to an aromatic ring is 1. The third-order valence-electron chi connectivity index (χ3n) is 2.96. The summed E-state index contributed by atoms with van der Waals surface area (Å²) in [7, 11) is 1.91. The zero-order chi connectivity index (χ0) is 12.7. The minimum atomic E-state index is -0.316. The second-order valence-electron chi connectivity index (χ2n) is 4.14. The molecule has 0 aliphatic rings. The fourth-order valence-corrected chi connectivity index (χ4v) is 1.98. The van der Waals surface area contributed by atoms with Crippen LogP contribution in [-0.2, 0) is 13.6 Å². The molecule has 6 heteroatoms. The lowest BCUT2D eigenvalue weighted by Gasteiger charge is -2.06. The standard InChI is InChI=1S/C12H12FN5/c1-17-5-4-15-11(17)7-18-10-3-2-8(13)6-9(10)16-12(18)14/h2-6H,7H2,1H3,(H2,14,16). The average Bonchev–Trinajstić information content (AvgIpc) is 2.85. The molecule has 1 aromatic carbocycles. The van der Waals surface area contributed by atoms with Crippen molar-refractivity contribution in [1.82, 2.24) is 19.1 Å². The summed E-state index contributed by atoms with van der Waals surface area (Å²) < 4.78 is 16.8. The molecule has 0 unspecified atom stereocenters. The summed E-state index contributed by atoms with van der Waals surface area (Å²) in [5, 5.41) is 0. The van der Waals surface area contributed by atoms with Crippen LogP contribution in [0.3, 0.4) is 0 Å². The highest BCUT2D eigenvalue weighted by Gasteiger charge is 2.11. The van der Waals surface area contributed by atoms with Gasteiger partial charge in [-0.2, -0.15) is 0 Å². The van der Waals surface area contributed by atoms with E-state index in [2.05, 4.69) is 9.97 Å². The van der Waals surface area contributed by atoms with E-state index in [4.69, 9.17) is 5.73 Å². The first-order valence-electron chi connectivity index (χ1n) is 5.52. The number of halogens is 1. The van der Waals surface area contributed by atoms with Crippen molar-refractivity contribution in [3.05, 3.63) is 42.2 Å². The van der Waals surface area contributed by atoms with Gasteiger partial charge < -0.3 is 14.9 Å². The Balaban J connectivity index is 2.11. The zero-order valence-electron chi connectivity index (χ0n) is 9.84. The molecule has 18 heavy (non-hydrogen) atoms. The van der Waals surface area contributed by atoms with Gasteiger partial charge in [-0.15, -0.1) is 0 Å². The van der Waals surface area contributed by atoms with Crippen molar-refractivity contribution >= 4 is 17.0 Å². The van der Waals surface area contributed by atoms with Crippen molar-refractivity contribution in [1.29, 1.82) is 0 Å². The van der Waals surface area contributed by atoms with Crippen LogP contribution in [0.1, 0.15) is 5.82 Å². The molecule has 3 aromatic rings. The predicted molar refractivity (Wildman–Crippen MR) is 66.4 cm³/mol. The Labute approximate surface area is 103 Å². The Kier molecular flexibility index (Phi) is 2.29. The number of aromatic nitrogens is 4. The number of aryl methyl sites for hydroxylation is 1. The summed E-state index contributed by atoms with van der Waals surface area (Å²) in [5.41, 5.74) is 7.22. The lowest BCUT2D eigenvalue weighted by Crippen LogP contribution is -2.08. The van der Waals surface area contributed by atoms with Crippen LogP contribution in [-0.4, -0.2) is 19.1 Å². The van der Waals surface area contributed by atoms with Gasteiger partial charge in [0.05, 0.1) is 17.6 Å². The van der Waals surface area contributed by atoms with Crippen LogP contribution in [0, 0.1) is 5.82 Å². The first-order valence-corrected chi connectivity index (χ1v) is 5.52. The summed E-state index contributed by atoms with van der Waals surface area (Å²) in [6.07, 6.45) is 3.59. The molecule has 92 valence electrons. The van der Waals surface area contributed by atoms with Gasteiger partial charge in [0.2, 0.25) is 5.95 Å². The molecular formula is C12H12FN5. The van der Waals surface area contributed by atoms with Crippen molar-refractivity contribution in [2.75, 3.05) is 5.73 Å². The molecule has 0 spiro atoms. The van der Waals surface area contributed by atoms with E-state index in [1.54, 1.807) is 12.3 Å². The molecule has 2 heterocycles. The molecule has 0 aliphatic heterocycles. The van der Waals surface area contributed by atoms with Crippen molar-refractivity contribution in [2.24, 2.45) is 7.05 Å². The van der Waals surface area contributed by atoms with E-state index < -0.39 is 0 Å². The van der Waals surface area contributed by atoms with Crippen molar-refractivity contribution in [3.8, 4) is 0 Å². The van der Waals surface area contributed by atoms with E-state index in [1.165, 1.54) is 12.1 Å². The van der Waals surface area contributed by atoms with E-state index in [9.17, 15) is 4.39 Å². The maximum Gasteiger partial charge on any atom is 0.201 e. The zero-order valence-corrected chi connectivity index (χ0v) is 9.84. The third kappa shape index (κ3) is 1.62. The van der Waals surface area contributed by atoms with Gasteiger partial charge >= 0.3 is 0 Å². The first-order chi connectivity index (χ1) is 8.65. The van der Waals surface area contributed by atoms with Crippen LogP contribution in [0.2, 0.25) is 0 Å². The normalized spacial score (nSPS) is 11.2. The van der Waals surface area contributed by atoms with E-state index in [1.807, 2.05) is 22.4 Å². The number of rotatable bonds is 2. The van der Waals surface area contributed by atoms with Gasteiger partial charge in [-0.3, -0.25) is 0 Å².